The van der Waals surface area contributed by atoms with Crippen molar-refractivity contribution >= 4 is 10.0 Å². The van der Waals surface area contributed by atoms with Crippen molar-refractivity contribution in [2.24, 2.45) is 23.2 Å². The summed E-state index contributed by atoms with van der Waals surface area (Å²) in [6.07, 6.45) is 16.3. The highest BCUT2D eigenvalue weighted by atomic mass is 32.2. The molecule has 3 N–H and O–H groups in total. The Bertz CT molecular complexity index is 841. The van der Waals surface area contributed by atoms with Gasteiger partial charge in [-0.25, -0.2) is 13.1 Å². The molecule has 0 aromatic carbocycles. The molecule has 0 aromatic rings. The third-order valence-corrected chi connectivity index (χ3v) is 9.41. The Labute approximate surface area is 202 Å². The Morgan fingerprint density at radius 2 is 1.97 bits per heavy atom. The van der Waals surface area contributed by atoms with Crippen LogP contribution in [0, 0.1) is 23.2 Å². The fraction of sp³-hybridized carbons (Fsp3) is 0.852. The van der Waals surface area contributed by atoms with Crippen LogP contribution in [0.1, 0.15) is 98.3 Å². The van der Waals surface area contributed by atoms with Gasteiger partial charge in [-0.15, -0.1) is 0 Å². The molecule has 190 valence electrons. The number of rotatable bonds is 8. The minimum Gasteiger partial charge on any atom is -0.393 e. The first-order valence-corrected chi connectivity index (χ1v) is 14.9. The highest BCUT2D eigenvalue weighted by molar-refractivity contribution is 7.88. The average Bonchev–Trinajstić information content (AvgIpc) is 3.01. The van der Waals surface area contributed by atoms with Crippen LogP contribution in [0.5, 0.6) is 0 Å². The number of hydrogen-bond donors (Lipinski definition) is 3. The van der Waals surface area contributed by atoms with E-state index in [0.29, 0.717) is 36.5 Å². The highest BCUT2D eigenvalue weighted by Gasteiger charge is 2.50. The summed E-state index contributed by atoms with van der Waals surface area (Å²) in [7, 11) is -3.27. The summed E-state index contributed by atoms with van der Waals surface area (Å²) in [6.45, 7) is 8.74. The first kappa shape index (κ1) is 26.9. The van der Waals surface area contributed by atoms with Gasteiger partial charge in [-0.05, 0) is 94.8 Å². The first-order valence-electron chi connectivity index (χ1n) is 13.0. The molecule has 3 aliphatic rings. The summed E-state index contributed by atoms with van der Waals surface area (Å²) in [6, 6.07) is -0.217. The highest BCUT2D eigenvalue weighted by Crippen LogP contribution is 2.60. The van der Waals surface area contributed by atoms with Crippen LogP contribution in [0.4, 0.5) is 0 Å². The molecule has 33 heavy (non-hydrogen) atoms. The summed E-state index contributed by atoms with van der Waals surface area (Å²) < 4.78 is 26.0. The van der Waals surface area contributed by atoms with E-state index >= 15 is 0 Å². The number of nitrogens with one attached hydrogen (secondary N) is 1. The quantitative estimate of drug-likeness (QED) is 0.450. The Balaban J connectivity index is 1.68. The normalized spacial score (nSPS) is 36.8. The van der Waals surface area contributed by atoms with Gasteiger partial charge in [-0.3, -0.25) is 0 Å². The van der Waals surface area contributed by atoms with Gasteiger partial charge >= 0.3 is 0 Å². The predicted molar refractivity (Wildman–Crippen MR) is 135 cm³/mol. The fourth-order valence-electron chi connectivity index (χ4n) is 7.22. The van der Waals surface area contributed by atoms with E-state index in [2.05, 4.69) is 30.7 Å². The van der Waals surface area contributed by atoms with E-state index in [-0.39, 0.29) is 6.04 Å². The molecular formula is C27H47NO4S. The Morgan fingerprint density at radius 1 is 1.24 bits per heavy atom. The predicted octanol–water partition coefficient (Wildman–Crippen LogP) is 5.10. The van der Waals surface area contributed by atoms with E-state index in [4.69, 9.17) is 0 Å². The molecule has 0 spiro atoms. The van der Waals surface area contributed by atoms with Crippen LogP contribution in [0.25, 0.3) is 0 Å². The third kappa shape index (κ3) is 7.39. The zero-order valence-corrected chi connectivity index (χ0v) is 22.3. The van der Waals surface area contributed by atoms with Crippen molar-refractivity contribution in [3.63, 3.8) is 0 Å². The molecule has 0 aromatic heterocycles. The van der Waals surface area contributed by atoms with Crippen molar-refractivity contribution in [3.05, 3.63) is 23.3 Å². The van der Waals surface area contributed by atoms with Crippen molar-refractivity contribution in [1.82, 2.24) is 4.72 Å². The second-order valence-corrected chi connectivity index (χ2v) is 14.0. The lowest BCUT2D eigenvalue weighted by Crippen LogP contribution is -2.39. The van der Waals surface area contributed by atoms with Crippen LogP contribution in [0.3, 0.4) is 0 Å². The fourth-order valence-corrected chi connectivity index (χ4v) is 8.01. The number of aliphatic hydroxyl groups excluding tert-OH is 1. The first-order chi connectivity index (χ1) is 15.3. The molecule has 5 nitrogen and oxygen atoms in total. The molecule has 0 unspecified atom stereocenters. The molecule has 3 fully saturated rings. The summed E-state index contributed by atoms with van der Waals surface area (Å²) in [5.74, 6) is 2.04. The second kappa shape index (κ2) is 10.5. The molecule has 0 saturated heterocycles. The molecule has 0 heterocycles. The lowest BCUT2D eigenvalue weighted by molar-refractivity contribution is 0.0596. The number of allylic oxidation sites excluding steroid dienone is 3. The van der Waals surface area contributed by atoms with Gasteiger partial charge in [-0.1, -0.05) is 50.0 Å². The molecule has 0 amide bonds. The van der Waals surface area contributed by atoms with E-state index in [1.54, 1.807) is 5.57 Å². The van der Waals surface area contributed by atoms with E-state index in [1.807, 2.05) is 13.8 Å². The molecule has 3 aliphatic carbocycles. The lowest BCUT2D eigenvalue weighted by atomic mass is 9.60. The van der Waals surface area contributed by atoms with Crippen LogP contribution >= 0.6 is 0 Å². The van der Waals surface area contributed by atoms with Crippen molar-refractivity contribution in [2.75, 3.05) is 6.26 Å². The van der Waals surface area contributed by atoms with E-state index in [9.17, 15) is 18.6 Å². The van der Waals surface area contributed by atoms with Crippen LogP contribution in [-0.4, -0.2) is 42.6 Å². The van der Waals surface area contributed by atoms with Gasteiger partial charge in [0.2, 0.25) is 10.0 Å². The SMILES string of the molecule is C[C@H](CCCC(C)(C)O)[C@H]1CC[C@H]2/C(=C/C=C3/C[C@@H](O)C[C@H](NS(C)(=O)=O)C3)CCC[C@]12C. The van der Waals surface area contributed by atoms with Gasteiger partial charge in [0.25, 0.3) is 0 Å². The largest absolute Gasteiger partial charge is 0.393 e. The second-order valence-electron chi connectivity index (χ2n) is 12.2. The monoisotopic (exact) mass is 481 g/mol. The van der Waals surface area contributed by atoms with Crippen LogP contribution < -0.4 is 4.72 Å². The number of aliphatic hydroxyl groups is 2. The Kier molecular flexibility index (Phi) is 8.57. The van der Waals surface area contributed by atoms with E-state index < -0.39 is 21.7 Å². The van der Waals surface area contributed by atoms with Crippen LogP contribution in [0.2, 0.25) is 0 Å². The van der Waals surface area contributed by atoms with Crippen molar-refractivity contribution in [3.8, 4) is 0 Å². The molecule has 3 saturated carbocycles. The molecule has 0 radical (unpaired) electrons. The molecule has 0 aliphatic heterocycles. The van der Waals surface area contributed by atoms with Crippen molar-refractivity contribution < 1.29 is 18.6 Å². The van der Waals surface area contributed by atoms with Gasteiger partial charge in [0.05, 0.1) is 18.0 Å². The van der Waals surface area contributed by atoms with Gasteiger partial charge < -0.3 is 10.2 Å². The molecule has 0 bridgehead atoms. The number of fused-ring (bicyclic) bond motifs is 1. The van der Waals surface area contributed by atoms with Gasteiger partial charge in [0.1, 0.15) is 0 Å². The summed E-state index contributed by atoms with van der Waals surface area (Å²) in [4.78, 5) is 0. The standard InChI is InChI=1S/C27H47NO4S/c1-19(8-6-14-26(2,3)30)24-12-13-25-21(9-7-15-27(24,25)4)11-10-20-16-22(18-23(29)17-20)28-33(5,31)32/h10-11,19,22-25,28-30H,6-9,12-18H2,1-5H3/b20-10+,21-11+/t19-,22-,23-,24-,25+,27-/m1/s1. The molecule has 6 heteroatoms. The molecule has 3 rings (SSSR count). The summed E-state index contributed by atoms with van der Waals surface area (Å²) in [5.41, 5.74) is 2.47. The summed E-state index contributed by atoms with van der Waals surface area (Å²) >= 11 is 0. The maximum Gasteiger partial charge on any atom is 0.208 e. The van der Waals surface area contributed by atoms with Crippen LogP contribution in [-0.2, 0) is 10.0 Å². The maximum atomic E-state index is 11.6. The summed E-state index contributed by atoms with van der Waals surface area (Å²) in [5, 5.41) is 20.3. The number of sulfonamides is 1. The zero-order chi connectivity index (χ0) is 24.4. The average molecular weight is 482 g/mol. The minimum atomic E-state index is -3.27. The third-order valence-electron chi connectivity index (χ3n) is 8.65. The zero-order valence-electron chi connectivity index (χ0n) is 21.4. The molecule has 6 atom stereocenters. The van der Waals surface area contributed by atoms with Gasteiger partial charge in [-0.2, -0.15) is 0 Å². The topological polar surface area (TPSA) is 86.6 Å². The Morgan fingerprint density at radius 3 is 2.64 bits per heavy atom. The Hall–Kier alpha value is -0.690. The van der Waals surface area contributed by atoms with E-state index in [0.717, 1.165) is 30.8 Å². The lowest BCUT2D eigenvalue weighted by Gasteiger charge is -2.44. The molecular weight excluding hydrogens is 434 g/mol. The van der Waals surface area contributed by atoms with E-state index in [1.165, 1.54) is 38.4 Å². The van der Waals surface area contributed by atoms with Crippen molar-refractivity contribution in [2.45, 2.75) is 116 Å². The minimum absolute atomic E-state index is 0.217. The van der Waals surface area contributed by atoms with Crippen LogP contribution in [0.15, 0.2) is 23.3 Å². The van der Waals surface area contributed by atoms with Gasteiger partial charge in [0, 0.05) is 6.04 Å². The smallest absolute Gasteiger partial charge is 0.208 e. The van der Waals surface area contributed by atoms with Crippen molar-refractivity contribution in [1.29, 1.82) is 0 Å². The maximum absolute atomic E-state index is 11.6. The van der Waals surface area contributed by atoms with Gasteiger partial charge in [0.15, 0.2) is 0 Å². The number of hydrogen-bond acceptors (Lipinski definition) is 4.